The van der Waals surface area contributed by atoms with Crippen LogP contribution in [0.4, 0.5) is 5.69 Å². The van der Waals surface area contributed by atoms with Crippen LogP contribution in [0.1, 0.15) is 49.6 Å². The van der Waals surface area contributed by atoms with Gasteiger partial charge in [0.05, 0.1) is 15.9 Å². The maximum Gasteiger partial charge on any atom is 0.245 e. The lowest BCUT2D eigenvalue weighted by molar-refractivity contribution is -0.122. The summed E-state index contributed by atoms with van der Waals surface area (Å²) in [6, 6.07) is 10.3. The molecule has 1 amide bonds. The van der Waals surface area contributed by atoms with Crippen LogP contribution in [0, 0.1) is 6.92 Å². The Hall–Kier alpha value is -2.71. The first-order chi connectivity index (χ1) is 16.4. The van der Waals surface area contributed by atoms with Gasteiger partial charge in [0.25, 0.3) is 0 Å². The number of aromatic nitrogens is 2. The second-order valence-corrected chi connectivity index (χ2v) is 11.8. The molecule has 0 spiro atoms. The van der Waals surface area contributed by atoms with Crippen molar-refractivity contribution in [2.24, 2.45) is 0 Å². The summed E-state index contributed by atoms with van der Waals surface area (Å²) in [6.07, 6.45) is 5.08. The fraction of sp³-hybridized carbons (Fsp3) is 0.462. The second-order valence-electron chi connectivity index (χ2n) is 9.90. The van der Waals surface area contributed by atoms with Gasteiger partial charge in [0.1, 0.15) is 11.9 Å². The second kappa shape index (κ2) is 7.92. The summed E-state index contributed by atoms with van der Waals surface area (Å²) in [7, 11) is -3.75. The van der Waals surface area contributed by atoms with Crippen molar-refractivity contribution in [3.8, 4) is 0 Å². The SMILES string of the molecule is Cc1ccc(S(=O)(=O)N2CCC[C@@H]2C(=O)N2c3ccc4c(nc5n4CCC5)c3CC[C@H]2C)cc1. The minimum absolute atomic E-state index is 0.0106. The third kappa shape index (κ3) is 3.22. The number of fused-ring (bicyclic) bond motifs is 5. The van der Waals surface area contributed by atoms with E-state index >= 15 is 0 Å². The molecule has 4 heterocycles. The normalized spacial score (nSPS) is 22.8. The fourth-order valence-electron chi connectivity index (χ4n) is 5.93. The first-order valence-corrected chi connectivity index (χ1v) is 13.7. The van der Waals surface area contributed by atoms with Crippen LogP contribution in [0.25, 0.3) is 11.0 Å². The van der Waals surface area contributed by atoms with Crippen LogP contribution in [-0.2, 0) is 34.2 Å². The molecule has 1 saturated heterocycles. The number of benzene rings is 2. The molecule has 6 rings (SSSR count). The average Bonchev–Trinajstić information content (AvgIpc) is 3.55. The van der Waals surface area contributed by atoms with E-state index < -0.39 is 16.1 Å². The highest BCUT2D eigenvalue weighted by Gasteiger charge is 2.43. The number of anilines is 1. The molecule has 3 aliphatic rings. The van der Waals surface area contributed by atoms with Gasteiger partial charge in [-0.3, -0.25) is 4.79 Å². The number of hydrogen-bond acceptors (Lipinski definition) is 4. The lowest BCUT2D eigenvalue weighted by atomic mass is 9.94. The lowest BCUT2D eigenvalue weighted by Gasteiger charge is -2.38. The zero-order chi connectivity index (χ0) is 23.6. The predicted molar refractivity (Wildman–Crippen MR) is 131 cm³/mol. The number of imidazole rings is 1. The van der Waals surface area contributed by atoms with E-state index in [9.17, 15) is 13.2 Å². The van der Waals surface area contributed by atoms with Crippen molar-refractivity contribution >= 4 is 32.7 Å². The molecule has 0 unspecified atom stereocenters. The van der Waals surface area contributed by atoms with Gasteiger partial charge in [0.15, 0.2) is 0 Å². The van der Waals surface area contributed by atoms with Crippen LogP contribution in [0.5, 0.6) is 0 Å². The minimum Gasteiger partial charge on any atom is -0.328 e. The van der Waals surface area contributed by atoms with E-state index in [0.29, 0.717) is 19.4 Å². The fourth-order valence-corrected chi connectivity index (χ4v) is 7.58. The Morgan fingerprint density at radius 2 is 1.79 bits per heavy atom. The van der Waals surface area contributed by atoms with Crippen molar-refractivity contribution in [2.45, 2.75) is 75.9 Å². The number of amides is 1. The monoisotopic (exact) mass is 478 g/mol. The van der Waals surface area contributed by atoms with Gasteiger partial charge in [-0.2, -0.15) is 4.31 Å². The third-order valence-electron chi connectivity index (χ3n) is 7.73. The Morgan fingerprint density at radius 1 is 1.00 bits per heavy atom. The van der Waals surface area contributed by atoms with E-state index in [1.165, 1.54) is 4.31 Å². The minimum atomic E-state index is -3.75. The molecule has 34 heavy (non-hydrogen) atoms. The molecule has 0 bridgehead atoms. The van der Waals surface area contributed by atoms with Gasteiger partial charge >= 0.3 is 0 Å². The van der Waals surface area contributed by atoms with Gasteiger partial charge in [0, 0.05) is 36.8 Å². The highest BCUT2D eigenvalue weighted by molar-refractivity contribution is 7.89. The smallest absolute Gasteiger partial charge is 0.245 e. The van der Waals surface area contributed by atoms with E-state index in [-0.39, 0.29) is 16.8 Å². The van der Waals surface area contributed by atoms with Crippen molar-refractivity contribution in [3.05, 3.63) is 53.3 Å². The highest BCUT2D eigenvalue weighted by Crippen LogP contribution is 2.39. The Morgan fingerprint density at radius 3 is 2.59 bits per heavy atom. The summed E-state index contributed by atoms with van der Waals surface area (Å²) in [4.78, 5) is 21.0. The molecule has 0 radical (unpaired) electrons. The summed E-state index contributed by atoms with van der Waals surface area (Å²) in [5.74, 6) is 1.01. The third-order valence-corrected chi connectivity index (χ3v) is 9.65. The van der Waals surface area contributed by atoms with Crippen LogP contribution in [-0.4, -0.2) is 46.8 Å². The molecule has 3 aromatic rings. The Labute approximate surface area is 200 Å². The quantitative estimate of drug-likeness (QED) is 0.574. The van der Waals surface area contributed by atoms with Gasteiger partial charge in [-0.25, -0.2) is 13.4 Å². The van der Waals surface area contributed by atoms with Gasteiger partial charge in [-0.1, -0.05) is 17.7 Å². The van der Waals surface area contributed by atoms with Gasteiger partial charge in [-0.05, 0) is 70.2 Å². The summed E-state index contributed by atoms with van der Waals surface area (Å²) in [5, 5.41) is 0. The van der Waals surface area contributed by atoms with Crippen molar-refractivity contribution in [3.63, 3.8) is 0 Å². The number of carbonyl (C=O) groups is 1. The number of carbonyl (C=O) groups excluding carboxylic acids is 1. The molecule has 1 fully saturated rings. The van der Waals surface area contributed by atoms with Crippen LogP contribution in [0.2, 0.25) is 0 Å². The Kier molecular flexibility index (Phi) is 5.08. The van der Waals surface area contributed by atoms with Crippen LogP contribution in [0.15, 0.2) is 41.3 Å². The molecular weight excluding hydrogens is 448 g/mol. The zero-order valence-corrected chi connectivity index (χ0v) is 20.5. The van der Waals surface area contributed by atoms with Crippen molar-refractivity contribution in [2.75, 3.05) is 11.4 Å². The first kappa shape index (κ1) is 21.8. The van der Waals surface area contributed by atoms with Crippen molar-refractivity contribution in [1.82, 2.24) is 13.9 Å². The molecular formula is C26H30N4O3S. The molecule has 0 N–H and O–H groups in total. The summed E-state index contributed by atoms with van der Waals surface area (Å²) in [5.41, 5.74) is 5.18. The molecule has 0 aliphatic carbocycles. The van der Waals surface area contributed by atoms with E-state index in [1.54, 1.807) is 24.3 Å². The standard InChI is InChI=1S/C26H30N4O3S/c1-17-7-10-19(11-8-17)34(32,33)29-16-3-5-23(29)26(31)30-18(2)9-12-20-21(30)13-14-22-25(20)27-24-6-4-15-28(22)24/h7-8,10-11,13-14,18,23H,3-6,9,12,15-16H2,1-2H3/t18-,23-/m1/s1. The van der Waals surface area contributed by atoms with Crippen molar-refractivity contribution in [1.29, 1.82) is 0 Å². The van der Waals surface area contributed by atoms with Crippen LogP contribution < -0.4 is 4.90 Å². The molecule has 8 heteroatoms. The maximum atomic E-state index is 14.0. The summed E-state index contributed by atoms with van der Waals surface area (Å²) in [6.45, 7) is 5.36. The maximum absolute atomic E-state index is 14.0. The number of aryl methyl sites for hydroxylation is 4. The van der Waals surface area contributed by atoms with E-state index in [4.69, 9.17) is 4.98 Å². The Bertz CT molecular complexity index is 1390. The molecule has 1 aromatic heterocycles. The lowest BCUT2D eigenvalue weighted by Crippen LogP contribution is -2.52. The molecule has 0 saturated carbocycles. The molecule has 2 aromatic carbocycles. The number of nitrogens with zero attached hydrogens (tertiary/aromatic N) is 4. The number of rotatable bonds is 3. The molecule has 3 aliphatic heterocycles. The Balaban J connectivity index is 1.37. The molecule has 2 atom stereocenters. The van der Waals surface area contributed by atoms with Gasteiger partial charge in [-0.15, -0.1) is 0 Å². The number of sulfonamides is 1. The first-order valence-electron chi connectivity index (χ1n) is 12.3. The van der Waals surface area contributed by atoms with Crippen LogP contribution in [0.3, 0.4) is 0 Å². The summed E-state index contributed by atoms with van der Waals surface area (Å²) >= 11 is 0. The van der Waals surface area contributed by atoms with E-state index in [0.717, 1.165) is 65.9 Å². The van der Waals surface area contributed by atoms with Crippen LogP contribution >= 0.6 is 0 Å². The highest BCUT2D eigenvalue weighted by atomic mass is 32.2. The summed E-state index contributed by atoms with van der Waals surface area (Å²) < 4.78 is 30.7. The van der Waals surface area contributed by atoms with E-state index in [2.05, 4.69) is 17.6 Å². The predicted octanol–water partition coefficient (Wildman–Crippen LogP) is 3.81. The van der Waals surface area contributed by atoms with Gasteiger partial charge in [0.2, 0.25) is 15.9 Å². The van der Waals surface area contributed by atoms with E-state index in [1.807, 2.05) is 17.9 Å². The zero-order valence-electron chi connectivity index (χ0n) is 19.7. The topological polar surface area (TPSA) is 75.5 Å². The van der Waals surface area contributed by atoms with Crippen molar-refractivity contribution < 1.29 is 13.2 Å². The average molecular weight is 479 g/mol. The van der Waals surface area contributed by atoms with Gasteiger partial charge < -0.3 is 9.47 Å². The number of hydrogen-bond donors (Lipinski definition) is 0. The molecule has 178 valence electrons. The largest absolute Gasteiger partial charge is 0.328 e. The molecule has 7 nitrogen and oxygen atoms in total.